The standard InChI is InChI=1S/C23H23N3O2S/c27-18-3-1-16(2-4-18)5-10-25-11-6-17(7-12-25)21-19-8-14-29-22(19)20(28)15-26-13-9-24-23(21)26/h1-4,8-9,13-14,27H,5-7,10-12,15H2. The quantitative estimate of drug-likeness (QED) is 0.716. The Hall–Kier alpha value is -2.70. The maximum Gasteiger partial charge on any atom is 0.193 e. The minimum absolute atomic E-state index is 0.177. The third-order valence-electron chi connectivity index (χ3n) is 5.91. The molecule has 3 aromatic rings. The Kier molecular flexibility index (Phi) is 4.81. The summed E-state index contributed by atoms with van der Waals surface area (Å²) in [5.74, 6) is 1.43. The van der Waals surface area contributed by atoms with Crippen LogP contribution in [0, 0.1) is 0 Å². The molecule has 1 saturated heterocycles. The number of thiophene rings is 1. The van der Waals surface area contributed by atoms with E-state index in [-0.39, 0.29) is 5.78 Å². The molecule has 2 aromatic heterocycles. The van der Waals surface area contributed by atoms with Crippen molar-refractivity contribution in [2.45, 2.75) is 25.8 Å². The number of hydrogen-bond acceptors (Lipinski definition) is 5. The smallest absolute Gasteiger partial charge is 0.193 e. The molecule has 2 aliphatic heterocycles. The number of rotatable bonds is 3. The largest absolute Gasteiger partial charge is 0.508 e. The zero-order valence-electron chi connectivity index (χ0n) is 16.2. The number of likely N-dealkylation sites (tertiary alicyclic amines) is 1. The molecule has 0 saturated carbocycles. The molecule has 0 amide bonds. The normalized spacial score (nSPS) is 17.2. The molecule has 2 aliphatic rings. The van der Waals surface area contributed by atoms with Crippen molar-refractivity contribution in [1.82, 2.24) is 14.5 Å². The van der Waals surface area contributed by atoms with E-state index in [0.29, 0.717) is 12.3 Å². The number of benzene rings is 1. The van der Waals surface area contributed by atoms with E-state index in [4.69, 9.17) is 0 Å². The van der Waals surface area contributed by atoms with Gasteiger partial charge in [-0.2, -0.15) is 0 Å². The van der Waals surface area contributed by atoms with Crippen LogP contribution in [0.3, 0.4) is 0 Å². The summed E-state index contributed by atoms with van der Waals surface area (Å²) in [6.07, 6.45) is 6.70. The number of imidazole rings is 1. The van der Waals surface area contributed by atoms with Crippen LogP contribution in [0.2, 0.25) is 0 Å². The molecule has 148 valence electrons. The van der Waals surface area contributed by atoms with E-state index < -0.39 is 0 Å². The first-order valence-corrected chi connectivity index (χ1v) is 10.9. The summed E-state index contributed by atoms with van der Waals surface area (Å²) in [7, 11) is 0. The lowest BCUT2D eigenvalue weighted by Crippen LogP contribution is -2.33. The number of piperidine rings is 1. The molecule has 0 atom stereocenters. The van der Waals surface area contributed by atoms with Gasteiger partial charge in [-0.15, -0.1) is 11.3 Å². The monoisotopic (exact) mass is 405 g/mol. The average Bonchev–Trinajstić information content (AvgIpc) is 3.37. The zero-order valence-corrected chi connectivity index (χ0v) is 17.0. The first kappa shape index (κ1) is 18.3. The third-order valence-corrected chi connectivity index (χ3v) is 6.86. The van der Waals surface area contributed by atoms with Crippen LogP contribution in [0.5, 0.6) is 5.75 Å². The van der Waals surface area contributed by atoms with E-state index in [1.807, 2.05) is 28.3 Å². The SMILES string of the molecule is O=C1Cn2ccnc2C(=C2CCN(CCc3ccc(O)cc3)CC2)c2ccsc21. The Morgan fingerprint density at radius 1 is 1.10 bits per heavy atom. The minimum atomic E-state index is 0.177. The van der Waals surface area contributed by atoms with E-state index >= 15 is 0 Å². The summed E-state index contributed by atoms with van der Waals surface area (Å²) in [6.45, 7) is 3.43. The van der Waals surface area contributed by atoms with Crippen molar-refractivity contribution in [3.63, 3.8) is 0 Å². The molecule has 1 aromatic carbocycles. The van der Waals surface area contributed by atoms with Gasteiger partial charge in [-0.05, 0) is 48.4 Å². The zero-order chi connectivity index (χ0) is 19.8. The van der Waals surface area contributed by atoms with Gasteiger partial charge in [0, 0.05) is 43.2 Å². The second-order valence-electron chi connectivity index (χ2n) is 7.70. The molecule has 0 unspecified atom stereocenters. The van der Waals surface area contributed by atoms with E-state index in [9.17, 15) is 9.90 Å². The Bertz CT molecular complexity index is 1070. The van der Waals surface area contributed by atoms with Gasteiger partial charge in [-0.3, -0.25) is 4.79 Å². The van der Waals surface area contributed by atoms with Crippen LogP contribution in [0.1, 0.15) is 39.5 Å². The number of phenolic OH excluding ortho intramolecular Hbond substituents is 1. The summed E-state index contributed by atoms with van der Waals surface area (Å²) in [5, 5.41) is 11.5. The van der Waals surface area contributed by atoms with Crippen molar-refractivity contribution in [2.24, 2.45) is 0 Å². The van der Waals surface area contributed by atoms with Crippen LogP contribution in [-0.4, -0.2) is 45.0 Å². The molecule has 4 heterocycles. The molecule has 6 heteroatoms. The molecule has 5 rings (SSSR count). The number of fused-ring (bicyclic) bond motifs is 2. The Morgan fingerprint density at radius 3 is 2.69 bits per heavy atom. The first-order valence-electron chi connectivity index (χ1n) is 10.0. The number of hydrogen-bond donors (Lipinski definition) is 1. The van der Waals surface area contributed by atoms with Crippen LogP contribution in [0.25, 0.3) is 5.57 Å². The lowest BCUT2D eigenvalue weighted by Gasteiger charge is -2.29. The van der Waals surface area contributed by atoms with Gasteiger partial charge in [-0.1, -0.05) is 17.7 Å². The highest BCUT2D eigenvalue weighted by Crippen LogP contribution is 2.37. The molecule has 29 heavy (non-hydrogen) atoms. The van der Waals surface area contributed by atoms with E-state index in [2.05, 4.69) is 16.0 Å². The lowest BCUT2D eigenvalue weighted by atomic mass is 9.92. The Morgan fingerprint density at radius 2 is 1.90 bits per heavy atom. The van der Waals surface area contributed by atoms with Gasteiger partial charge in [-0.25, -0.2) is 4.98 Å². The molecule has 0 spiro atoms. The van der Waals surface area contributed by atoms with E-state index in [0.717, 1.165) is 55.2 Å². The molecular formula is C23H23N3O2S. The first-order chi connectivity index (χ1) is 14.2. The van der Waals surface area contributed by atoms with Crippen LogP contribution < -0.4 is 0 Å². The maximum absolute atomic E-state index is 12.7. The summed E-state index contributed by atoms with van der Waals surface area (Å²) in [4.78, 5) is 20.6. The molecule has 1 N–H and O–H groups in total. The molecule has 0 aliphatic carbocycles. The van der Waals surface area contributed by atoms with E-state index in [1.54, 1.807) is 29.7 Å². The summed E-state index contributed by atoms with van der Waals surface area (Å²) in [6, 6.07) is 9.58. The third kappa shape index (κ3) is 3.54. The van der Waals surface area contributed by atoms with Crippen molar-refractivity contribution in [3.8, 4) is 5.75 Å². The van der Waals surface area contributed by atoms with Gasteiger partial charge in [0.1, 0.15) is 11.6 Å². The number of nitrogens with zero attached hydrogens (tertiary/aromatic N) is 3. The average molecular weight is 406 g/mol. The minimum Gasteiger partial charge on any atom is -0.508 e. The Balaban J connectivity index is 1.36. The number of Topliss-reactive ketones (excluding diaryl/α,β-unsaturated/α-hetero) is 1. The number of phenols is 1. The van der Waals surface area contributed by atoms with E-state index in [1.165, 1.54) is 16.7 Å². The highest BCUT2D eigenvalue weighted by molar-refractivity contribution is 7.12. The topological polar surface area (TPSA) is 58.4 Å². The van der Waals surface area contributed by atoms with Crippen LogP contribution in [0.15, 0.2) is 53.7 Å². The van der Waals surface area contributed by atoms with Crippen molar-refractivity contribution in [3.05, 3.63) is 75.5 Å². The molecule has 1 fully saturated rings. The van der Waals surface area contributed by atoms with Crippen LogP contribution in [-0.2, 0) is 13.0 Å². The molecule has 0 radical (unpaired) electrons. The fraction of sp³-hybridized carbons (Fsp3) is 0.304. The molecule has 0 bridgehead atoms. The van der Waals surface area contributed by atoms with Gasteiger partial charge in [0.15, 0.2) is 5.78 Å². The number of aromatic hydroxyl groups is 1. The summed E-state index contributed by atoms with van der Waals surface area (Å²) < 4.78 is 1.99. The molecule has 5 nitrogen and oxygen atoms in total. The lowest BCUT2D eigenvalue weighted by molar-refractivity contribution is 0.0976. The van der Waals surface area contributed by atoms with Crippen LogP contribution in [0.4, 0.5) is 0 Å². The molecular weight excluding hydrogens is 382 g/mol. The predicted molar refractivity (Wildman–Crippen MR) is 114 cm³/mol. The van der Waals surface area contributed by atoms with Gasteiger partial charge in [0.25, 0.3) is 0 Å². The number of carbonyl (C=O) groups is 1. The van der Waals surface area contributed by atoms with Crippen molar-refractivity contribution in [1.29, 1.82) is 0 Å². The number of carbonyl (C=O) groups excluding carboxylic acids is 1. The fourth-order valence-electron chi connectivity index (χ4n) is 4.33. The van der Waals surface area contributed by atoms with Gasteiger partial charge < -0.3 is 14.6 Å². The highest BCUT2D eigenvalue weighted by atomic mass is 32.1. The van der Waals surface area contributed by atoms with Crippen molar-refractivity contribution in [2.75, 3.05) is 19.6 Å². The maximum atomic E-state index is 12.7. The van der Waals surface area contributed by atoms with Gasteiger partial charge in [0.05, 0.1) is 11.4 Å². The summed E-state index contributed by atoms with van der Waals surface area (Å²) in [5.41, 5.74) is 4.90. The van der Waals surface area contributed by atoms with Crippen molar-refractivity contribution < 1.29 is 9.90 Å². The Labute approximate surface area is 173 Å². The highest BCUT2D eigenvalue weighted by Gasteiger charge is 2.28. The fourth-order valence-corrected chi connectivity index (χ4v) is 5.16. The van der Waals surface area contributed by atoms with Crippen molar-refractivity contribution >= 4 is 22.7 Å². The predicted octanol–water partition coefficient (Wildman–Crippen LogP) is 3.99. The summed E-state index contributed by atoms with van der Waals surface area (Å²) >= 11 is 1.54. The van der Waals surface area contributed by atoms with Gasteiger partial charge >= 0.3 is 0 Å². The number of aromatic nitrogens is 2. The number of ketones is 1. The second kappa shape index (κ2) is 7.61. The second-order valence-corrected chi connectivity index (χ2v) is 8.62. The van der Waals surface area contributed by atoms with Gasteiger partial charge in [0.2, 0.25) is 0 Å². The van der Waals surface area contributed by atoms with Crippen LogP contribution >= 0.6 is 11.3 Å².